The number of benzene rings is 2. The summed E-state index contributed by atoms with van der Waals surface area (Å²) in [4.78, 5) is 36.6. The first kappa shape index (κ1) is 20.6. The number of carbonyl (C=O) groups excluding carboxylic acids is 2. The van der Waals surface area contributed by atoms with Crippen molar-refractivity contribution in [1.29, 1.82) is 0 Å². The van der Waals surface area contributed by atoms with Gasteiger partial charge in [-0.15, -0.1) is 0 Å². The van der Waals surface area contributed by atoms with Crippen LogP contribution in [0.3, 0.4) is 0 Å². The minimum Gasteiger partial charge on any atom is -0.495 e. The van der Waals surface area contributed by atoms with Crippen molar-refractivity contribution < 1.29 is 19.2 Å². The molecule has 0 aliphatic carbocycles. The van der Waals surface area contributed by atoms with E-state index < -0.39 is 10.8 Å². The number of hydrogen-bond donors (Lipinski definition) is 1. The molecule has 0 aliphatic rings. The largest absolute Gasteiger partial charge is 0.495 e. The number of nitrogens with one attached hydrogen (secondary N) is 1. The van der Waals surface area contributed by atoms with Gasteiger partial charge in [-0.3, -0.25) is 19.7 Å². The number of ether oxygens (including phenoxy) is 1. The normalized spacial score (nSPS) is 10.5. The molecule has 0 saturated heterocycles. The van der Waals surface area contributed by atoms with Crippen molar-refractivity contribution in [3.63, 3.8) is 0 Å². The fraction of sp³-hybridized carbons (Fsp3) is 0.200. The van der Waals surface area contributed by atoms with Gasteiger partial charge in [0, 0.05) is 18.7 Å². The summed E-state index contributed by atoms with van der Waals surface area (Å²) >= 11 is 0. The summed E-state index contributed by atoms with van der Waals surface area (Å²) in [6.45, 7) is 1.89. The van der Waals surface area contributed by atoms with Gasteiger partial charge < -0.3 is 15.0 Å². The van der Waals surface area contributed by atoms with Crippen LogP contribution in [-0.4, -0.2) is 41.8 Å². The number of nitro groups is 1. The fourth-order valence-corrected chi connectivity index (χ4v) is 2.52. The molecule has 0 fully saturated rings. The average molecular weight is 383 g/mol. The number of amides is 2. The number of para-hydroxylation sites is 3. The number of nitro benzene ring substituents is 1. The number of methoxy groups -OCH3 is 1. The highest BCUT2D eigenvalue weighted by Gasteiger charge is 2.16. The van der Waals surface area contributed by atoms with Gasteiger partial charge in [-0.2, -0.15) is 0 Å². The Hall–Kier alpha value is -3.68. The van der Waals surface area contributed by atoms with E-state index >= 15 is 0 Å². The van der Waals surface area contributed by atoms with Gasteiger partial charge in [0.1, 0.15) is 12.3 Å². The SMILES string of the molecule is CCN(CC(=O)Nc1ccccc1OC)C(=O)/C=C/c1ccccc1[N+](=O)[O-]. The second-order valence-corrected chi connectivity index (χ2v) is 5.75. The molecule has 0 heterocycles. The lowest BCUT2D eigenvalue weighted by atomic mass is 10.1. The molecule has 0 atom stereocenters. The summed E-state index contributed by atoms with van der Waals surface area (Å²) in [6.07, 6.45) is 2.60. The van der Waals surface area contributed by atoms with Crippen LogP contribution in [0.15, 0.2) is 54.6 Å². The third-order valence-corrected chi connectivity index (χ3v) is 3.95. The minimum absolute atomic E-state index is 0.0940. The van der Waals surface area contributed by atoms with Gasteiger partial charge in [-0.1, -0.05) is 24.3 Å². The van der Waals surface area contributed by atoms with E-state index in [1.807, 2.05) is 0 Å². The molecule has 0 saturated carbocycles. The Morgan fingerprint density at radius 1 is 1.18 bits per heavy atom. The second kappa shape index (κ2) is 9.86. The molecule has 1 N–H and O–H groups in total. The second-order valence-electron chi connectivity index (χ2n) is 5.75. The van der Waals surface area contributed by atoms with Gasteiger partial charge in [0.2, 0.25) is 11.8 Å². The number of hydrogen-bond acceptors (Lipinski definition) is 5. The van der Waals surface area contributed by atoms with Gasteiger partial charge in [-0.05, 0) is 31.2 Å². The summed E-state index contributed by atoms with van der Waals surface area (Å²) in [6, 6.07) is 13.1. The first-order valence-corrected chi connectivity index (χ1v) is 8.59. The van der Waals surface area contributed by atoms with Crippen LogP contribution in [0.1, 0.15) is 12.5 Å². The van der Waals surface area contributed by atoms with Crippen LogP contribution in [0.25, 0.3) is 6.08 Å². The number of carbonyl (C=O) groups is 2. The minimum atomic E-state index is -0.511. The molecule has 0 bridgehead atoms. The number of rotatable bonds is 8. The Balaban J connectivity index is 2.05. The Morgan fingerprint density at radius 2 is 1.86 bits per heavy atom. The number of anilines is 1. The lowest BCUT2D eigenvalue weighted by Crippen LogP contribution is -2.36. The van der Waals surface area contributed by atoms with Gasteiger partial charge in [-0.25, -0.2) is 0 Å². The zero-order chi connectivity index (χ0) is 20.5. The summed E-state index contributed by atoms with van der Waals surface area (Å²) in [5.41, 5.74) is 0.729. The first-order valence-electron chi connectivity index (χ1n) is 8.59. The Kier molecular flexibility index (Phi) is 7.27. The van der Waals surface area contributed by atoms with E-state index in [0.717, 1.165) is 0 Å². The maximum Gasteiger partial charge on any atom is 0.276 e. The molecule has 0 aliphatic heterocycles. The first-order chi connectivity index (χ1) is 13.5. The molecule has 0 radical (unpaired) electrons. The third kappa shape index (κ3) is 5.41. The van der Waals surface area contributed by atoms with Crippen molar-refractivity contribution in [3.8, 4) is 5.75 Å². The summed E-state index contributed by atoms with van der Waals surface area (Å²) in [5, 5.41) is 13.7. The molecule has 28 heavy (non-hydrogen) atoms. The number of nitrogens with zero attached hydrogens (tertiary/aromatic N) is 2. The van der Waals surface area contributed by atoms with Gasteiger partial charge in [0.15, 0.2) is 0 Å². The standard InChI is InChI=1S/C20H21N3O5/c1-3-22(14-19(24)21-16-9-5-7-11-18(16)28-2)20(25)13-12-15-8-4-6-10-17(15)23(26)27/h4-13H,3,14H2,1-2H3,(H,21,24)/b13-12+. The molecule has 8 heteroatoms. The van der Waals surface area contributed by atoms with Crippen molar-refractivity contribution in [2.75, 3.05) is 25.5 Å². The topological polar surface area (TPSA) is 102 Å². The van der Waals surface area contributed by atoms with E-state index in [9.17, 15) is 19.7 Å². The highest BCUT2D eigenvalue weighted by molar-refractivity contribution is 5.98. The van der Waals surface area contributed by atoms with E-state index in [1.165, 1.54) is 30.2 Å². The molecular formula is C20H21N3O5. The van der Waals surface area contributed by atoms with Gasteiger partial charge >= 0.3 is 0 Å². The zero-order valence-corrected chi connectivity index (χ0v) is 15.6. The van der Waals surface area contributed by atoms with Crippen molar-refractivity contribution >= 4 is 29.3 Å². The fourth-order valence-electron chi connectivity index (χ4n) is 2.52. The smallest absolute Gasteiger partial charge is 0.276 e. The average Bonchev–Trinajstić information content (AvgIpc) is 2.70. The van der Waals surface area contributed by atoms with E-state index in [0.29, 0.717) is 23.5 Å². The molecule has 2 aromatic carbocycles. The van der Waals surface area contributed by atoms with Crippen molar-refractivity contribution in [1.82, 2.24) is 4.90 Å². The molecular weight excluding hydrogens is 362 g/mol. The van der Waals surface area contributed by atoms with E-state index in [-0.39, 0.29) is 18.1 Å². The summed E-state index contributed by atoms with van der Waals surface area (Å²) in [7, 11) is 1.50. The Labute approximate surface area is 162 Å². The zero-order valence-electron chi connectivity index (χ0n) is 15.6. The molecule has 8 nitrogen and oxygen atoms in total. The predicted octanol–water partition coefficient (Wildman–Crippen LogP) is 3.10. The maximum atomic E-state index is 12.4. The van der Waals surface area contributed by atoms with Crippen LogP contribution in [0.4, 0.5) is 11.4 Å². The molecule has 2 amide bonds. The van der Waals surface area contributed by atoms with Crippen LogP contribution < -0.4 is 10.1 Å². The predicted molar refractivity (Wildman–Crippen MR) is 106 cm³/mol. The van der Waals surface area contributed by atoms with E-state index in [2.05, 4.69) is 5.32 Å². The van der Waals surface area contributed by atoms with Crippen LogP contribution in [0.2, 0.25) is 0 Å². The highest BCUT2D eigenvalue weighted by Crippen LogP contribution is 2.23. The number of likely N-dealkylation sites (N-methyl/N-ethyl adjacent to an activating group) is 1. The molecule has 146 valence electrons. The monoisotopic (exact) mass is 383 g/mol. The molecule has 2 aromatic rings. The summed E-state index contributed by atoms with van der Waals surface area (Å²) in [5.74, 6) is -0.281. The molecule has 0 spiro atoms. The van der Waals surface area contributed by atoms with E-state index in [4.69, 9.17) is 4.74 Å². The van der Waals surface area contributed by atoms with Gasteiger partial charge in [0.05, 0.1) is 23.3 Å². The van der Waals surface area contributed by atoms with Crippen molar-refractivity contribution in [2.45, 2.75) is 6.92 Å². The molecule has 2 rings (SSSR count). The summed E-state index contributed by atoms with van der Waals surface area (Å²) < 4.78 is 5.18. The quantitative estimate of drug-likeness (QED) is 0.429. The van der Waals surface area contributed by atoms with Crippen LogP contribution in [0.5, 0.6) is 5.75 Å². The third-order valence-electron chi connectivity index (χ3n) is 3.95. The van der Waals surface area contributed by atoms with Crippen molar-refractivity contribution in [3.05, 3.63) is 70.3 Å². The lowest BCUT2D eigenvalue weighted by molar-refractivity contribution is -0.385. The Morgan fingerprint density at radius 3 is 2.54 bits per heavy atom. The van der Waals surface area contributed by atoms with Crippen LogP contribution in [0, 0.1) is 10.1 Å². The highest BCUT2D eigenvalue weighted by atomic mass is 16.6. The molecule has 0 aromatic heterocycles. The van der Waals surface area contributed by atoms with E-state index in [1.54, 1.807) is 49.4 Å². The van der Waals surface area contributed by atoms with Gasteiger partial charge in [0.25, 0.3) is 5.69 Å². The lowest BCUT2D eigenvalue weighted by Gasteiger charge is -2.19. The van der Waals surface area contributed by atoms with Crippen molar-refractivity contribution in [2.24, 2.45) is 0 Å². The Bertz CT molecular complexity index is 895. The van der Waals surface area contributed by atoms with Crippen LogP contribution >= 0.6 is 0 Å². The van der Waals surface area contributed by atoms with Crippen LogP contribution in [-0.2, 0) is 9.59 Å². The molecule has 0 unspecified atom stereocenters. The maximum absolute atomic E-state index is 12.4.